The Morgan fingerprint density at radius 3 is 2.42 bits per heavy atom. The van der Waals surface area contributed by atoms with Crippen LogP contribution in [0, 0.1) is 0 Å². The van der Waals surface area contributed by atoms with Crippen LogP contribution in [0.15, 0.2) is 42.6 Å². The molecule has 1 aliphatic heterocycles. The second-order valence-electron chi connectivity index (χ2n) is 6.16. The lowest BCUT2D eigenvalue weighted by molar-refractivity contribution is -0.130. The van der Waals surface area contributed by atoms with Crippen molar-refractivity contribution < 1.29 is 14.7 Å². The molecular formula is C19H20N2O3. The summed E-state index contributed by atoms with van der Waals surface area (Å²) in [5, 5.41) is 8.95. The minimum absolute atomic E-state index is 0.120. The van der Waals surface area contributed by atoms with Gasteiger partial charge in [-0.25, -0.2) is 4.79 Å². The van der Waals surface area contributed by atoms with E-state index in [-0.39, 0.29) is 17.4 Å². The van der Waals surface area contributed by atoms with Crippen LogP contribution in [0.1, 0.15) is 41.7 Å². The van der Waals surface area contributed by atoms with Crippen LogP contribution in [0.5, 0.6) is 0 Å². The van der Waals surface area contributed by atoms with Crippen molar-refractivity contribution in [2.75, 3.05) is 13.1 Å². The van der Waals surface area contributed by atoms with E-state index in [0.29, 0.717) is 0 Å². The van der Waals surface area contributed by atoms with Crippen LogP contribution in [-0.4, -0.2) is 40.0 Å². The zero-order valence-electron chi connectivity index (χ0n) is 13.6. The quantitative estimate of drug-likeness (QED) is 0.941. The van der Waals surface area contributed by atoms with Crippen molar-refractivity contribution in [3.63, 3.8) is 0 Å². The summed E-state index contributed by atoms with van der Waals surface area (Å²) in [6.07, 6.45) is 3.87. The molecule has 1 aromatic carbocycles. The summed E-state index contributed by atoms with van der Waals surface area (Å²) in [5.74, 6) is -0.525. The fourth-order valence-corrected chi connectivity index (χ4v) is 3.13. The first-order valence-electron chi connectivity index (χ1n) is 8.10. The van der Waals surface area contributed by atoms with E-state index in [2.05, 4.69) is 4.98 Å². The molecule has 0 saturated carbocycles. The van der Waals surface area contributed by atoms with Gasteiger partial charge in [0.2, 0.25) is 5.91 Å². The summed E-state index contributed by atoms with van der Waals surface area (Å²) in [7, 11) is 0. The van der Waals surface area contributed by atoms with Gasteiger partial charge in [-0.05, 0) is 36.6 Å². The number of aromatic nitrogens is 1. The number of pyridine rings is 1. The minimum Gasteiger partial charge on any atom is -0.478 e. The molecule has 1 aromatic heterocycles. The molecular weight excluding hydrogens is 304 g/mol. The number of piperidine rings is 1. The molecule has 0 spiro atoms. The van der Waals surface area contributed by atoms with Crippen LogP contribution in [-0.2, 0) is 4.79 Å². The standard InChI is InChI=1S/C19H20N2O3/c1-13(22)21-10-2-3-17(12-21)18-9-8-16(11-20-18)14-4-6-15(7-5-14)19(23)24/h4-9,11,17H,2-3,10,12H2,1H3,(H,23,24)/t17-/m1/s1. The summed E-state index contributed by atoms with van der Waals surface area (Å²) in [6.45, 7) is 3.18. The summed E-state index contributed by atoms with van der Waals surface area (Å²) in [6, 6.07) is 10.8. The van der Waals surface area contributed by atoms with Gasteiger partial charge in [0.05, 0.1) is 5.56 Å². The van der Waals surface area contributed by atoms with Gasteiger partial charge in [0.25, 0.3) is 0 Å². The van der Waals surface area contributed by atoms with Crippen LogP contribution >= 0.6 is 0 Å². The summed E-state index contributed by atoms with van der Waals surface area (Å²) in [5.41, 5.74) is 3.17. The first-order chi connectivity index (χ1) is 11.5. The maximum Gasteiger partial charge on any atom is 0.335 e. The summed E-state index contributed by atoms with van der Waals surface area (Å²) < 4.78 is 0. The van der Waals surface area contributed by atoms with Gasteiger partial charge in [-0.15, -0.1) is 0 Å². The molecule has 0 radical (unpaired) electrons. The molecule has 24 heavy (non-hydrogen) atoms. The van der Waals surface area contributed by atoms with E-state index in [0.717, 1.165) is 42.8 Å². The van der Waals surface area contributed by atoms with E-state index in [4.69, 9.17) is 5.11 Å². The van der Waals surface area contributed by atoms with Crippen LogP contribution in [0.3, 0.4) is 0 Å². The lowest BCUT2D eigenvalue weighted by Gasteiger charge is -2.31. The fraction of sp³-hybridized carbons (Fsp3) is 0.316. The van der Waals surface area contributed by atoms with Crippen molar-refractivity contribution in [1.82, 2.24) is 9.88 Å². The van der Waals surface area contributed by atoms with Crippen molar-refractivity contribution in [1.29, 1.82) is 0 Å². The van der Waals surface area contributed by atoms with Gasteiger partial charge in [-0.2, -0.15) is 0 Å². The Hall–Kier alpha value is -2.69. The smallest absolute Gasteiger partial charge is 0.335 e. The molecule has 1 amide bonds. The molecule has 1 aliphatic rings. The minimum atomic E-state index is -0.928. The third-order valence-electron chi connectivity index (χ3n) is 4.54. The number of carbonyl (C=O) groups is 2. The average Bonchev–Trinajstić information content (AvgIpc) is 2.62. The summed E-state index contributed by atoms with van der Waals surface area (Å²) >= 11 is 0. The number of benzene rings is 1. The third-order valence-corrected chi connectivity index (χ3v) is 4.54. The highest BCUT2D eigenvalue weighted by Crippen LogP contribution is 2.27. The Labute approximate surface area is 140 Å². The molecule has 1 saturated heterocycles. The van der Waals surface area contributed by atoms with E-state index in [1.165, 1.54) is 0 Å². The number of hydrogen-bond donors (Lipinski definition) is 1. The first-order valence-corrected chi connectivity index (χ1v) is 8.10. The number of rotatable bonds is 3. The Morgan fingerprint density at radius 2 is 1.83 bits per heavy atom. The molecule has 1 fully saturated rings. The fourth-order valence-electron chi connectivity index (χ4n) is 3.13. The van der Waals surface area contributed by atoms with E-state index >= 15 is 0 Å². The van der Waals surface area contributed by atoms with Gasteiger partial charge >= 0.3 is 5.97 Å². The predicted octanol–water partition coefficient (Wildman–Crippen LogP) is 3.17. The second-order valence-corrected chi connectivity index (χ2v) is 6.16. The normalized spacial score (nSPS) is 17.5. The van der Waals surface area contributed by atoms with Gasteiger partial charge < -0.3 is 10.0 Å². The molecule has 2 heterocycles. The SMILES string of the molecule is CC(=O)N1CCC[C@@H](c2ccc(-c3ccc(C(=O)O)cc3)cn2)C1. The molecule has 3 rings (SSSR count). The number of amides is 1. The van der Waals surface area contributed by atoms with Gasteiger partial charge in [-0.3, -0.25) is 9.78 Å². The number of aromatic carboxylic acids is 1. The lowest BCUT2D eigenvalue weighted by Crippen LogP contribution is -2.37. The van der Waals surface area contributed by atoms with Gasteiger partial charge in [0.15, 0.2) is 0 Å². The third kappa shape index (κ3) is 3.45. The maximum atomic E-state index is 11.6. The molecule has 5 heteroatoms. The average molecular weight is 324 g/mol. The highest BCUT2D eigenvalue weighted by molar-refractivity contribution is 5.88. The molecule has 5 nitrogen and oxygen atoms in total. The molecule has 0 bridgehead atoms. The van der Waals surface area contributed by atoms with E-state index in [1.54, 1.807) is 31.2 Å². The monoisotopic (exact) mass is 324 g/mol. The molecule has 1 N–H and O–H groups in total. The first kappa shape index (κ1) is 16.2. The second kappa shape index (κ2) is 6.83. The number of hydrogen-bond acceptors (Lipinski definition) is 3. The van der Waals surface area contributed by atoms with E-state index in [9.17, 15) is 9.59 Å². The highest BCUT2D eigenvalue weighted by atomic mass is 16.4. The Bertz CT molecular complexity index is 738. The Morgan fingerprint density at radius 1 is 1.12 bits per heavy atom. The summed E-state index contributed by atoms with van der Waals surface area (Å²) in [4.78, 5) is 28.9. The van der Waals surface area contributed by atoms with Crippen LogP contribution in [0.2, 0.25) is 0 Å². The lowest BCUT2D eigenvalue weighted by atomic mass is 9.93. The van der Waals surface area contributed by atoms with Gasteiger partial charge in [0, 0.05) is 43.4 Å². The largest absolute Gasteiger partial charge is 0.478 e. The number of carboxylic acid groups (broad SMARTS) is 1. The molecule has 1 atom stereocenters. The van der Waals surface area contributed by atoms with Crippen molar-refractivity contribution >= 4 is 11.9 Å². The Balaban J connectivity index is 1.75. The van der Waals surface area contributed by atoms with Crippen molar-refractivity contribution in [3.8, 4) is 11.1 Å². The van der Waals surface area contributed by atoms with Crippen LogP contribution < -0.4 is 0 Å². The number of carbonyl (C=O) groups excluding carboxylic acids is 1. The maximum absolute atomic E-state index is 11.6. The molecule has 2 aromatic rings. The van der Waals surface area contributed by atoms with Gasteiger partial charge in [-0.1, -0.05) is 18.2 Å². The highest BCUT2D eigenvalue weighted by Gasteiger charge is 2.23. The van der Waals surface area contributed by atoms with Crippen LogP contribution in [0.4, 0.5) is 0 Å². The predicted molar refractivity (Wildman–Crippen MR) is 90.9 cm³/mol. The van der Waals surface area contributed by atoms with Crippen molar-refractivity contribution in [2.45, 2.75) is 25.7 Å². The Kier molecular flexibility index (Phi) is 4.60. The van der Waals surface area contributed by atoms with E-state index < -0.39 is 5.97 Å². The molecule has 0 aliphatic carbocycles. The van der Waals surface area contributed by atoms with Crippen LogP contribution in [0.25, 0.3) is 11.1 Å². The molecule has 124 valence electrons. The van der Waals surface area contributed by atoms with E-state index in [1.807, 2.05) is 23.2 Å². The van der Waals surface area contributed by atoms with Crippen molar-refractivity contribution in [3.05, 3.63) is 53.9 Å². The van der Waals surface area contributed by atoms with Gasteiger partial charge in [0.1, 0.15) is 0 Å². The zero-order valence-corrected chi connectivity index (χ0v) is 13.6. The number of carboxylic acids is 1. The number of nitrogens with zero attached hydrogens (tertiary/aromatic N) is 2. The topological polar surface area (TPSA) is 70.5 Å². The molecule has 0 unspecified atom stereocenters. The zero-order chi connectivity index (χ0) is 17.1. The van der Waals surface area contributed by atoms with Crippen molar-refractivity contribution in [2.24, 2.45) is 0 Å². The number of likely N-dealkylation sites (tertiary alicyclic amines) is 1.